The summed E-state index contributed by atoms with van der Waals surface area (Å²) < 4.78 is 11.3. The second-order valence-electron chi connectivity index (χ2n) is 8.02. The first kappa shape index (κ1) is 21.6. The number of non-ortho nitro benzene ring substituents is 1. The molecule has 33 heavy (non-hydrogen) atoms. The van der Waals surface area contributed by atoms with Crippen LogP contribution in [0.25, 0.3) is 11.0 Å². The van der Waals surface area contributed by atoms with Crippen molar-refractivity contribution >= 4 is 34.2 Å². The Balaban J connectivity index is 1.60. The van der Waals surface area contributed by atoms with E-state index in [1.165, 1.54) is 18.2 Å². The summed E-state index contributed by atoms with van der Waals surface area (Å²) in [5, 5.41) is 11.8. The van der Waals surface area contributed by atoms with E-state index in [1.54, 1.807) is 29.2 Å². The molecule has 0 aliphatic carbocycles. The number of hydrogen-bond acceptors (Lipinski definition) is 7. The van der Waals surface area contributed by atoms with Crippen molar-refractivity contribution in [3.63, 3.8) is 0 Å². The lowest BCUT2D eigenvalue weighted by molar-refractivity contribution is -0.384. The van der Waals surface area contributed by atoms with Gasteiger partial charge in [-0.05, 0) is 35.9 Å². The van der Waals surface area contributed by atoms with Crippen molar-refractivity contribution in [3.05, 3.63) is 84.7 Å². The highest BCUT2D eigenvalue weighted by Gasteiger charge is 2.42. The second-order valence-corrected chi connectivity index (χ2v) is 8.45. The summed E-state index contributed by atoms with van der Waals surface area (Å²) in [5.74, 6) is -0.379. The zero-order valence-electron chi connectivity index (χ0n) is 17.5. The molecule has 0 bridgehead atoms. The van der Waals surface area contributed by atoms with Crippen LogP contribution in [0.2, 0.25) is 5.02 Å². The van der Waals surface area contributed by atoms with Gasteiger partial charge in [0.15, 0.2) is 5.43 Å². The maximum atomic E-state index is 13.5. The molecule has 2 aliphatic heterocycles. The molecule has 0 radical (unpaired) electrons. The van der Waals surface area contributed by atoms with Crippen LogP contribution < -0.4 is 5.43 Å². The number of rotatable bonds is 5. The smallest absolute Gasteiger partial charge is 0.290 e. The van der Waals surface area contributed by atoms with Gasteiger partial charge in [-0.3, -0.25) is 24.6 Å². The van der Waals surface area contributed by atoms with Crippen LogP contribution in [0.4, 0.5) is 5.69 Å². The molecule has 2 aliphatic rings. The van der Waals surface area contributed by atoms with Gasteiger partial charge in [0.25, 0.3) is 11.6 Å². The number of nitro groups is 1. The van der Waals surface area contributed by atoms with E-state index in [0.29, 0.717) is 36.9 Å². The predicted octanol–water partition coefficient (Wildman–Crippen LogP) is 3.23. The lowest BCUT2D eigenvalue weighted by Crippen LogP contribution is -2.42. The van der Waals surface area contributed by atoms with Crippen molar-refractivity contribution < 1.29 is 18.9 Å². The Morgan fingerprint density at radius 1 is 1.06 bits per heavy atom. The van der Waals surface area contributed by atoms with Crippen LogP contribution in [0.3, 0.4) is 0 Å². The molecule has 9 nitrogen and oxygen atoms in total. The Morgan fingerprint density at radius 3 is 2.48 bits per heavy atom. The summed E-state index contributed by atoms with van der Waals surface area (Å²) in [7, 11) is 0. The Morgan fingerprint density at radius 2 is 1.79 bits per heavy atom. The van der Waals surface area contributed by atoms with Gasteiger partial charge in [0, 0.05) is 43.3 Å². The van der Waals surface area contributed by atoms with Gasteiger partial charge < -0.3 is 14.1 Å². The highest BCUT2D eigenvalue weighted by atomic mass is 35.5. The van der Waals surface area contributed by atoms with Crippen LogP contribution >= 0.6 is 11.6 Å². The fraction of sp³-hybridized carbons (Fsp3) is 0.304. The Bertz CT molecular complexity index is 1300. The van der Waals surface area contributed by atoms with E-state index >= 15 is 0 Å². The van der Waals surface area contributed by atoms with Crippen molar-refractivity contribution in [2.45, 2.75) is 6.04 Å². The number of fused-ring (bicyclic) bond motifs is 2. The molecule has 2 aromatic carbocycles. The number of benzene rings is 2. The average Bonchev–Trinajstić information content (AvgIpc) is 3.10. The molecule has 1 amide bonds. The number of halogens is 1. The summed E-state index contributed by atoms with van der Waals surface area (Å²) >= 11 is 6.10. The molecule has 0 N–H and O–H groups in total. The van der Waals surface area contributed by atoms with Crippen LogP contribution in [-0.2, 0) is 4.74 Å². The number of nitro benzene ring substituents is 1. The maximum absolute atomic E-state index is 13.5. The number of amides is 1. The minimum Gasteiger partial charge on any atom is -0.450 e. The maximum Gasteiger partial charge on any atom is 0.290 e. The molecular weight excluding hydrogens is 450 g/mol. The standard InChI is InChI=1S/C23H20ClN3O6/c24-15-3-6-18-17(13-15)21(28)19-20(14-1-4-16(5-2-14)27(30)31)26(23(29)22(19)33-18)8-7-25-9-11-32-12-10-25/h1-6,13,20H,7-12H2/t20-/m0/s1. The first-order valence-electron chi connectivity index (χ1n) is 10.6. The lowest BCUT2D eigenvalue weighted by Gasteiger charge is -2.31. The minimum atomic E-state index is -0.714. The summed E-state index contributed by atoms with van der Waals surface area (Å²) in [4.78, 5) is 41.3. The molecule has 1 atom stereocenters. The molecule has 5 rings (SSSR count). The largest absolute Gasteiger partial charge is 0.450 e. The Labute approximate surface area is 193 Å². The van der Waals surface area contributed by atoms with E-state index in [9.17, 15) is 19.7 Å². The van der Waals surface area contributed by atoms with Gasteiger partial charge in [-0.25, -0.2) is 0 Å². The first-order valence-corrected chi connectivity index (χ1v) is 10.9. The first-order chi connectivity index (χ1) is 15.9. The third kappa shape index (κ3) is 3.88. The fourth-order valence-corrected chi connectivity index (χ4v) is 4.59. The molecular formula is C23H20ClN3O6. The van der Waals surface area contributed by atoms with E-state index in [2.05, 4.69) is 4.90 Å². The Kier molecular flexibility index (Phi) is 5.61. The summed E-state index contributed by atoms with van der Waals surface area (Å²) in [6, 6.07) is 9.88. The van der Waals surface area contributed by atoms with E-state index < -0.39 is 11.0 Å². The van der Waals surface area contributed by atoms with Crippen molar-refractivity contribution in [2.24, 2.45) is 0 Å². The molecule has 0 saturated carbocycles. The van der Waals surface area contributed by atoms with Crippen molar-refractivity contribution in [1.29, 1.82) is 0 Å². The molecule has 1 fully saturated rings. The van der Waals surface area contributed by atoms with E-state index in [4.69, 9.17) is 20.8 Å². The van der Waals surface area contributed by atoms with Crippen molar-refractivity contribution in [3.8, 4) is 0 Å². The fourth-order valence-electron chi connectivity index (χ4n) is 4.42. The van der Waals surface area contributed by atoms with Gasteiger partial charge in [-0.1, -0.05) is 11.6 Å². The molecule has 1 aromatic heterocycles. The van der Waals surface area contributed by atoms with Gasteiger partial charge in [-0.2, -0.15) is 0 Å². The lowest BCUT2D eigenvalue weighted by atomic mass is 9.98. The normalized spacial score (nSPS) is 18.6. The average molecular weight is 470 g/mol. The topological polar surface area (TPSA) is 106 Å². The predicted molar refractivity (Wildman–Crippen MR) is 121 cm³/mol. The summed E-state index contributed by atoms with van der Waals surface area (Å²) in [6.07, 6.45) is 0. The molecule has 170 valence electrons. The van der Waals surface area contributed by atoms with Gasteiger partial charge in [0.1, 0.15) is 5.58 Å². The molecule has 10 heteroatoms. The minimum absolute atomic E-state index is 0.000141. The molecule has 0 spiro atoms. The molecule has 0 unspecified atom stereocenters. The number of nitrogens with zero attached hydrogens (tertiary/aromatic N) is 3. The number of ether oxygens (including phenoxy) is 1. The van der Waals surface area contributed by atoms with E-state index in [1.807, 2.05) is 0 Å². The van der Waals surface area contributed by atoms with E-state index in [-0.39, 0.29) is 39.3 Å². The summed E-state index contributed by atoms with van der Waals surface area (Å²) in [6.45, 7) is 3.75. The SMILES string of the molecule is O=C1c2oc3ccc(Cl)cc3c(=O)c2[C@H](c2ccc([N+](=O)[O-])cc2)N1CCN1CCOCC1. The molecule has 1 saturated heterocycles. The van der Waals surface area contributed by atoms with Crippen molar-refractivity contribution in [2.75, 3.05) is 39.4 Å². The van der Waals surface area contributed by atoms with Crippen LogP contribution in [0, 0.1) is 10.1 Å². The third-order valence-corrected chi connectivity index (χ3v) is 6.34. The van der Waals surface area contributed by atoms with E-state index in [0.717, 1.165) is 13.1 Å². The van der Waals surface area contributed by atoms with Crippen LogP contribution in [0.5, 0.6) is 0 Å². The van der Waals surface area contributed by atoms with Gasteiger partial charge in [0.05, 0.1) is 35.1 Å². The van der Waals surface area contributed by atoms with Crippen molar-refractivity contribution in [1.82, 2.24) is 9.80 Å². The number of hydrogen-bond donors (Lipinski definition) is 0. The zero-order chi connectivity index (χ0) is 23.1. The molecule has 3 aromatic rings. The van der Waals surface area contributed by atoms with Gasteiger partial charge in [-0.15, -0.1) is 0 Å². The van der Waals surface area contributed by atoms with Gasteiger partial charge in [0.2, 0.25) is 5.76 Å². The highest BCUT2D eigenvalue weighted by Crippen LogP contribution is 2.38. The van der Waals surface area contributed by atoms with Gasteiger partial charge >= 0.3 is 0 Å². The Hall–Kier alpha value is -3.27. The second kappa shape index (κ2) is 8.58. The van der Waals surface area contributed by atoms with Crippen LogP contribution in [0.15, 0.2) is 51.7 Å². The van der Waals surface area contributed by atoms with Crippen LogP contribution in [-0.4, -0.2) is 60.0 Å². The zero-order valence-corrected chi connectivity index (χ0v) is 18.3. The number of morpholine rings is 1. The van der Waals surface area contributed by atoms with Crippen LogP contribution in [0.1, 0.15) is 27.7 Å². The monoisotopic (exact) mass is 469 g/mol. The number of carbonyl (C=O) groups excluding carboxylic acids is 1. The number of carbonyl (C=O) groups is 1. The highest BCUT2D eigenvalue weighted by molar-refractivity contribution is 6.31. The third-order valence-electron chi connectivity index (χ3n) is 6.11. The summed E-state index contributed by atoms with van der Waals surface area (Å²) in [5.41, 5.74) is 0.711. The quantitative estimate of drug-likeness (QED) is 0.417. The molecule has 3 heterocycles.